The average Bonchev–Trinajstić information content (AvgIpc) is 3.63. The topological polar surface area (TPSA) is 92.7 Å². The van der Waals surface area contributed by atoms with Crippen LogP contribution in [0.2, 0.25) is 5.02 Å². The van der Waals surface area contributed by atoms with Gasteiger partial charge in [-0.1, -0.05) is 72.3 Å². The van der Waals surface area contributed by atoms with Gasteiger partial charge in [0.1, 0.15) is 16.4 Å². The van der Waals surface area contributed by atoms with E-state index in [4.69, 9.17) is 16.7 Å². The molecule has 7 nitrogen and oxygen atoms in total. The summed E-state index contributed by atoms with van der Waals surface area (Å²) in [5.41, 5.74) is 0.333. The molecule has 6 aromatic rings. The molecular weight excluding hydrogens is 659 g/mol. The van der Waals surface area contributed by atoms with Crippen LogP contribution in [0.15, 0.2) is 114 Å². The maximum absolute atomic E-state index is 14.3. The quantitative estimate of drug-likeness (QED) is 0.208. The SMILES string of the molecule is Cc1ccccc1NC(=O)C(C#N)=c1sc(=Cc2cn(-c3ccccc3)nc2-c2cccc(Cl)c2)c(=O)n1-c1ccccc1C(F)(F)F. The Morgan fingerprint density at radius 1 is 0.979 bits per heavy atom. The molecule has 1 amide bonds. The highest BCUT2D eigenvalue weighted by molar-refractivity contribution is 7.07. The minimum absolute atomic E-state index is 0.0330. The summed E-state index contributed by atoms with van der Waals surface area (Å²) in [4.78, 5) is 27.7. The fourth-order valence-electron chi connectivity index (χ4n) is 5.08. The van der Waals surface area contributed by atoms with Gasteiger partial charge >= 0.3 is 6.18 Å². The second kappa shape index (κ2) is 13.2. The normalized spacial score (nSPS) is 12.5. The Morgan fingerprint density at radius 2 is 1.69 bits per heavy atom. The van der Waals surface area contributed by atoms with Crippen molar-refractivity contribution in [2.75, 3.05) is 5.32 Å². The number of nitriles is 1. The molecule has 6 rings (SSSR count). The van der Waals surface area contributed by atoms with Crippen molar-refractivity contribution in [1.82, 2.24) is 14.3 Å². The zero-order valence-corrected chi connectivity index (χ0v) is 26.6. The van der Waals surface area contributed by atoms with E-state index in [9.17, 15) is 28.0 Å². The number of nitrogens with zero attached hydrogens (tertiary/aromatic N) is 4. The number of hydrogen-bond donors (Lipinski definition) is 1. The number of aryl methyl sites for hydroxylation is 1. The lowest BCUT2D eigenvalue weighted by molar-refractivity contribution is -0.137. The first-order valence-corrected chi connectivity index (χ1v) is 15.6. The Kier molecular flexibility index (Phi) is 8.86. The van der Waals surface area contributed by atoms with E-state index in [0.717, 1.165) is 33.7 Å². The van der Waals surface area contributed by atoms with Gasteiger partial charge in [-0.3, -0.25) is 14.2 Å². The molecule has 48 heavy (non-hydrogen) atoms. The number of rotatable bonds is 6. The molecule has 2 aromatic heterocycles. The lowest BCUT2D eigenvalue weighted by Crippen LogP contribution is -2.33. The van der Waals surface area contributed by atoms with Crippen LogP contribution in [0.4, 0.5) is 18.9 Å². The lowest BCUT2D eigenvalue weighted by atomic mass is 10.1. The van der Waals surface area contributed by atoms with E-state index in [1.807, 2.05) is 36.4 Å². The highest BCUT2D eigenvalue weighted by Gasteiger charge is 2.34. The van der Waals surface area contributed by atoms with Gasteiger partial charge in [0.2, 0.25) is 0 Å². The van der Waals surface area contributed by atoms with E-state index in [2.05, 4.69) is 5.32 Å². The highest BCUT2D eigenvalue weighted by Crippen LogP contribution is 2.33. The van der Waals surface area contributed by atoms with Crippen LogP contribution in [-0.4, -0.2) is 20.3 Å². The molecule has 0 fully saturated rings. The standard InChI is InChI=1S/C36H23ClF3N5O2S/c1-22-10-5-7-16-29(22)42-33(46)27(20-41)35-45(30-17-8-6-15-28(30)36(38,39)40)34(47)31(48-35)19-24-21-44(26-13-3-2-4-14-26)43-32(24)23-11-9-12-25(37)18-23/h2-19,21H,1H3,(H,42,46). The molecule has 238 valence electrons. The molecule has 2 heterocycles. The Bertz CT molecular complexity index is 2410. The van der Waals surface area contributed by atoms with Gasteiger partial charge in [0.05, 0.1) is 21.5 Å². The smallest absolute Gasteiger partial charge is 0.321 e. The van der Waals surface area contributed by atoms with Crippen molar-refractivity contribution in [1.29, 1.82) is 5.26 Å². The largest absolute Gasteiger partial charge is 0.418 e. The second-order valence-electron chi connectivity index (χ2n) is 10.6. The number of para-hydroxylation sites is 3. The van der Waals surface area contributed by atoms with E-state index < -0.39 is 34.5 Å². The minimum atomic E-state index is -4.84. The molecule has 0 aliphatic carbocycles. The van der Waals surface area contributed by atoms with E-state index >= 15 is 0 Å². The monoisotopic (exact) mass is 681 g/mol. The molecule has 4 aromatic carbocycles. The number of benzene rings is 4. The van der Waals surface area contributed by atoms with E-state index in [-0.39, 0.29) is 9.20 Å². The molecule has 0 atom stereocenters. The van der Waals surface area contributed by atoms with Gasteiger partial charge in [0.15, 0.2) is 5.57 Å². The summed E-state index contributed by atoms with van der Waals surface area (Å²) in [6.07, 6.45) is -1.68. The van der Waals surface area contributed by atoms with Crippen LogP contribution in [0.5, 0.6) is 0 Å². The van der Waals surface area contributed by atoms with Gasteiger partial charge in [0.25, 0.3) is 11.5 Å². The zero-order chi connectivity index (χ0) is 34.0. The van der Waals surface area contributed by atoms with Crippen molar-refractivity contribution >= 4 is 46.2 Å². The Morgan fingerprint density at radius 3 is 2.40 bits per heavy atom. The first-order valence-electron chi connectivity index (χ1n) is 14.4. The summed E-state index contributed by atoms with van der Waals surface area (Å²) in [6, 6.07) is 29.3. The molecule has 0 radical (unpaired) electrons. The molecule has 1 N–H and O–H groups in total. The summed E-state index contributed by atoms with van der Waals surface area (Å²) in [6.45, 7) is 1.75. The fraction of sp³-hybridized carbons (Fsp3) is 0.0556. The van der Waals surface area contributed by atoms with Crippen molar-refractivity contribution in [3.05, 3.63) is 151 Å². The molecule has 0 aliphatic rings. The van der Waals surface area contributed by atoms with Crippen molar-refractivity contribution in [3.8, 4) is 28.7 Å². The summed E-state index contributed by atoms with van der Waals surface area (Å²) in [5.74, 6) is -0.880. The highest BCUT2D eigenvalue weighted by atomic mass is 35.5. The number of carbonyl (C=O) groups excluding carboxylic acids is 1. The summed E-state index contributed by atoms with van der Waals surface area (Å²) in [5, 5.41) is 18.1. The number of amides is 1. The van der Waals surface area contributed by atoms with Crippen LogP contribution in [-0.2, 0) is 11.0 Å². The molecular formula is C36H23ClF3N5O2S. The van der Waals surface area contributed by atoms with Crippen LogP contribution in [0.25, 0.3) is 34.3 Å². The molecule has 0 saturated carbocycles. The second-order valence-corrected chi connectivity index (χ2v) is 12.0. The molecule has 0 bridgehead atoms. The number of nitrogens with one attached hydrogen (secondary N) is 1. The maximum Gasteiger partial charge on any atom is 0.418 e. The Balaban J connectivity index is 1.65. The molecule has 0 unspecified atom stereocenters. The van der Waals surface area contributed by atoms with Crippen LogP contribution in [0, 0.1) is 18.3 Å². The lowest BCUT2D eigenvalue weighted by Gasteiger charge is -2.13. The van der Waals surface area contributed by atoms with Crippen molar-refractivity contribution in [2.45, 2.75) is 13.1 Å². The number of aromatic nitrogens is 3. The van der Waals surface area contributed by atoms with Crippen molar-refractivity contribution in [3.63, 3.8) is 0 Å². The summed E-state index contributed by atoms with van der Waals surface area (Å²) in [7, 11) is 0. The van der Waals surface area contributed by atoms with Crippen LogP contribution >= 0.6 is 22.9 Å². The third-order valence-electron chi connectivity index (χ3n) is 7.37. The Hall–Kier alpha value is -5.70. The average molecular weight is 682 g/mol. The van der Waals surface area contributed by atoms with Gasteiger partial charge in [-0.05, 0) is 61.0 Å². The summed E-state index contributed by atoms with van der Waals surface area (Å²) < 4.78 is 44.9. The first kappa shape index (κ1) is 32.2. The number of halogens is 4. The van der Waals surface area contributed by atoms with E-state index in [0.29, 0.717) is 33.1 Å². The molecule has 12 heteroatoms. The maximum atomic E-state index is 14.3. The van der Waals surface area contributed by atoms with Crippen molar-refractivity contribution in [2.24, 2.45) is 0 Å². The van der Waals surface area contributed by atoms with Crippen molar-refractivity contribution < 1.29 is 18.0 Å². The van der Waals surface area contributed by atoms with E-state index in [1.165, 1.54) is 18.2 Å². The third kappa shape index (κ3) is 6.44. The van der Waals surface area contributed by atoms with Crippen LogP contribution in [0.3, 0.4) is 0 Å². The molecule has 0 saturated heterocycles. The van der Waals surface area contributed by atoms with Gasteiger partial charge in [-0.25, -0.2) is 4.68 Å². The zero-order valence-electron chi connectivity index (χ0n) is 25.0. The van der Waals surface area contributed by atoms with Gasteiger partial charge < -0.3 is 5.32 Å². The predicted octanol–water partition coefficient (Wildman–Crippen LogP) is 6.87. The number of hydrogen-bond acceptors (Lipinski definition) is 5. The third-order valence-corrected chi connectivity index (χ3v) is 8.70. The number of carbonyl (C=O) groups is 1. The Labute approximate surface area is 280 Å². The number of anilines is 1. The van der Waals surface area contributed by atoms with E-state index in [1.54, 1.807) is 66.3 Å². The molecule has 0 aliphatic heterocycles. The van der Waals surface area contributed by atoms with Gasteiger partial charge in [-0.2, -0.15) is 23.5 Å². The predicted molar refractivity (Wildman–Crippen MR) is 181 cm³/mol. The number of thiazole rings is 1. The molecule has 0 spiro atoms. The van der Waals surface area contributed by atoms with Crippen LogP contribution in [0.1, 0.15) is 16.7 Å². The fourth-order valence-corrected chi connectivity index (χ4v) is 6.35. The number of alkyl halides is 3. The van der Waals surface area contributed by atoms with Gasteiger partial charge in [0, 0.05) is 28.0 Å². The first-order chi connectivity index (χ1) is 23.0. The minimum Gasteiger partial charge on any atom is -0.321 e. The van der Waals surface area contributed by atoms with Crippen LogP contribution < -0.4 is 20.1 Å². The summed E-state index contributed by atoms with van der Waals surface area (Å²) >= 11 is 7.02. The van der Waals surface area contributed by atoms with Gasteiger partial charge in [-0.15, -0.1) is 11.3 Å².